The SMILES string of the molecule is c1ccc(-c2ccc3c4ccccc4n(-c4cccc5c4oc4cccc(-c6nc(-c7ccccc7)nc(-c7ccc8c(c7)oc7cccc(-c9ccccc9)c78)n6)c45)c3c2)cc1. The van der Waals surface area contributed by atoms with Crippen LogP contribution in [0.25, 0.3) is 128 Å². The molecule has 4 aromatic heterocycles. The highest BCUT2D eigenvalue weighted by molar-refractivity contribution is 6.16. The molecule has 13 aromatic rings. The van der Waals surface area contributed by atoms with E-state index in [1.807, 2.05) is 66.7 Å². The van der Waals surface area contributed by atoms with Crippen LogP contribution in [-0.2, 0) is 0 Å². The fourth-order valence-electron chi connectivity index (χ4n) is 9.40. The first-order valence-corrected chi connectivity index (χ1v) is 21.1. The molecule has 0 spiro atoms. The van der Waals surface area contributed by atoms with Crippen LogP contribution in [0.1, 0.15) is 0 Å². The molecule has 0 atom stereocenters. The number of fused-ring (bicyclic) bond motifs is 9. The standard InChI is InChI=1S/C57H34N4O2/c1-4-15-35(16-5-1)38-29-31-42-41-21-10-11-25-46(41)61(48(42)33-38)47-26-12-23-44-53-45(24-14-28-50(53)63-54(44)47)57-59-55(37-19-8-3-9-20-37)58-56(60-57)39-30-32-43-51(34-39)62-49-27-13-22-40(52(43)49)36-17-6-2-7-18-36/h1-34H. The van der Waals surface area contributed by atoms with Crippen molar-refractivity contribution in [3.8, 4) is 62.1 Å². The summed E-state index contributed by atoms with van der Waals surface area (Å²) in [5, 5.41) is 6.41. The van der Waals surface area contributed by atoms with Crippen molar-refractivity contribution in [1.29, 1.82) is 0 Å². The van der Waals surface area contributed by atoms with Crippen molar-refractivity contribution >= 4 is 65.7 Å². The summed E-state index contributed by atoms with van der Waals surface area (Å²) in [7, 11) is 0. The van der Waals surface area contributed by atoms with Crippen molar-refractivity contribution in [3.05, 3.63) is 206 Å². The third-order valence-corrected chi connectivity index (χ3v) is 12.3. The molecule has 6 nitrogen and oxygen atoms in total. The maximum atomic E-state index is 6.93. The Kier molecular flexibility index (Phi) is 7.80. The fraction of sp³-hybridized carbons (Fsp3) is 0. The van der Waals surface area contributed by atoms with Crippen molar-refractivity contribution in [2.24, 2.45) is 0 Å². The fourth-order valence-corrected chi connectivity index (χ4v) is 9.40. The Morgan fingerprint density at radius 1 is 0.317 bits per heavy atom. The van der Waals surface area contributed by atoms with Crippen LogP contribution in [-0.4, -0.2) is 19.5 Å². The molecule has 6 heteroatoms. The zero-order chi connectivity index (χ0) is 41.4. The van der Waals surface area contributed by atoms with E-state index in [0.29, 0.717) is 17.5 Å². The summed E-state index contributed by atoms with van der Waals surface area (Å²) >= 11 is 0. The monoisotopic (exact) mass is 806 g/mol. The zero-order valence-corrected chi connectivity index (χ0v) is 33.7. The molecule has 0 aliphatic heterocycles. The number of hydrogen-bond acceptors (Lipinski definition) is 5. The Morgan fingerprint density at radius 3 is 1.68 bits per heavy atom. The van der Waals surface area contributed by atoms with E-state index >= 15 is 0 Å². The first-order valence-electron chi connectivity index (χ1n) is 21.1. The Balaban J connectivity index is 1.01. The minimum Gasteiger partial charge on any atom is -0.456 e. The molecule has 0 unspecified atom stereocenters. The van der Waals surface area contributed by atoms with E-state index in [9.17, 15) is 0 Å². The van der Waals surface area contributed by atoms with Crippen LogP contribution in [0.15, 0.2) is 215 Å². The van der Waals surface area contributed by atoms with Crippen molar-refractivity contribution in [3.63, 3.8) is 0 Å². The lowest BCUT2D eigenvalue weighted by Gasteiger charge is -2.10. The van der Waals surface area contributed by atoms with Gasteiger partial charge < -0.3 is 13.4 Å². The van der Waals surface area contributed by atoms with E-state index in [1.165, 1.54) is 16.3 Å². The maximum absolute atomic E-state index is 6.93. The number of hydrogen-bond donors (Lipinski definition) is 0. The molecule has 0 radical (unpaired) electrons. The van der Waals surface area contributed by atoms with Crippen molar-refractivity contribution in [1.82, 2.24) is 19.5 Å². The van der Waals surface area contributed by atoms with E-state index in [2.05, 4.69) is 144 Å². The van der Waals surface area contributed by atoms with Gasteiger partial charge in [-0.2, -0.15) is 0 Å². The van der Waals surface area contributed by atoms with E-state index in [4.69, 9.17) is 23.8 Å². The van der Waals surface area contributed by atoms with Gasteiger partial charge in [0.25, 0.3) is 0 Å². The number of furan rings is 2. The molecular weight excluding hydrogens is 773 g/mol. The number of rotatable bonds is 6. The van der Waals surface area contributed by atoms with E-state index in [-0.39, 0.29) is 0 Å². The van der Waals surface area contributed by atoms with Gasteiger partial charge in [0.15, 0.2) is 23.1 Å². The first-order chi connectivity index (χ1) is 31.2. The van der Waals surface area contributed by atoms with Crippen molar-refractivity contribution in [2.75, 3.05) is 0 Å². The lowest BCUT2D eigenvalue weighted by Crippen LogP contribution is -2.00. The van der Waals surface area contributed by atoms with Crippen LogP contribution >= 0.6 is 0 Å². The minimum atomic E-state index is 0.550. The Hall–Kier alpha value is -8.61. The molecule has 4 heterocycles. The number of para-hydroxylation sites is 2. The highest BCUT2D eigenvalue weighted by Gasteiger charge is 2.22. The minimum absolute atomic E-state index is 0.550. The molecule has 0 saturated carbocycles. The largest absolute Gasteiger partial charge is 0.456 e. The van der Waals surface area contributed by atoms with E-state index < -0.39 is 0 Å². The predicted octanol–water partition coefficient (Wildman–Crippen LogP) is 15.1. The average Bonchev–Trinajstić information content (AvgIpc) is 4.04. The Morgan fingerprint density at radius 2 is 0.889 bits per heavy atom. The van der Waals surface area contributed by atoms with Gasteiger partial charge in [0.1, 0.15) is 16.7 Å². The summed E-state index contributed by atoms with van der Waals surface area (Å²) in [6, 6.07) is 71.4. The average molecular weight is 807 g/mol. The lowest BCUT2D eigenvalue weighted by atomic mass is 9.99. The van der Waals surface area contributed by atoms with Gasteiger partial charge >= 0.3 is 0 Å². The maximum Gasteiger partial charge on any atom is 0.164 e. The third-order valence-electron chi connectivity index (χ3n) is 12.3. The molecule has 63 heavy (non-hydrogen) atoms. The van der Waals surface area contributed by atoms with Gasteiger partial charge in [0, 0.05) is 49.0 Å². The predicted molar refractivity (Wildman–Crippen MR) is 256 cm³/mol. The number of nitrogens with zero attached hydrogens (tertiary/aromatic N) is 4. The Bertz CT molecular complexity index is 3900. The summed E-state index contributed by atoms with van der Waals surface area (Å²) < 4.78 is 15.8. The Labute approximate surface area is 361 Å². The van der Waals surface area contributed by atoms with E-state index in [0.717, 1.165) is 94.0 Å². The molecule has 0 bridgehead atoms. The highest BCUT2D eigenvalue weighted by Crippen LogP contribution is 2.43. The van der Waals surface area contributed by atoms with Crippen LogP contribution in [0.2, 0.25) is 0 Å². The molecule has 0 aliphatic carbocycles. The highest BCUT2D eigenvalue weighted by atomic mass is 16.3. The second-order valence-corrected chi connectivity index (χ2v) is 15.9. The molecule has 0 aliphatic rings. The number of benzene rings is 9. The number of aromatic nitrogens is 4. The third kappa shape index (κ3) is 5.62. The smallest absolute Gasteiger partial charge is 0.164 e. The molecule has 294 valence electrons. The molecule has 0 saturated heterocycles. The normalized spacial score (nSPS) is 11.8. The molecule has 0 N–H and O–H groups in total. The van der Waals surface area contributed by atoms with E-state index in [1.54, 1.807) is 0 Å². The summed E-state index contributed by atoms with van der Waals surface area (Å²) in [4.78, 5) is 15.5. The topological polar surface area (TPSA) is 69.9 Å². The van der Waals surface area contributed by atoms with Crippen LogP contribution in [0.3, 0.4) is 0 Å². The summed E-state index contributed by atoms with van der Waals surface area (Å²) in [5.74, 6) is 1.68. The van der Waals surface area contributed by atoms with Gasteiger partial charge in [0.05, 0.1) is 16.7 Å². The van der Waals surface area contributed by atoms with Gasteiger partial charge in [-0.3, -0.25) is 0 Å². The van der Waals surface area contributed by atoms with Crippen LogP contribution < -0.4 is 0 Å². The molecule has 13 rings (SSSR count). The van der Waals surface area contributed by atoms with Crippen LogP contribution in [0.4, 0.5) is 0 Å². The van der Waals surface area contributed by atoms with Gasteiger partial charge in [-0.25, -0.2) is 15.0 Å². The van der Waals surface area contributed by atoms with Gasteiger partial charge in [-0.05, 0) is 64.7 Å². The van der Waals surface area contributed by atoms with Crippen molar-refractivity contribution in [2.45, 2.75) is 0 Å². The molecular formula is C57H34N4O2. The lowest BCUT2D eigenvalue weighted by molar-refractivity contribution is 0.666. The molecule has 9 aromatic carbocycles. The van der Waals surface area contributed by atoms with Gasteiger partial charge in [0.2, 0.25) is 0 Å². The molecule has 0 amide bonds. The van der Waals surface area contributed by atoms with Gasteiger partial charge in [-0.15, -0.1) is 0 Å². The quantitative estimate of drug-likeness (QED) is 0.167. The summed E-state index contributed by atoms with van der Waals surface area (Å²) in [6.45, 7) is 0. The first kappa shape index (κ1) is 35.2. The van der Waals surface area contributed by atoms with Gasteiger partial charge in [-0.1, -0.05) is 164 Å². The summed E-state index contributed by atoms with van der Waals surface area (Å²) in [5.41, 5.74) is 13.5. The second-order valence-electron chi connectivity index (χ2n) is 15.9. The zero-order valence-electron chi connectivity index (χ0n) is 33.7. The van der Waals surface area contributed by atoms with Crippen LogP contribution in [0.5, 0.6) is 0 Å². The second kappa shape index (κ2) is 14.0. The molecule has 0 fully saturated rings. The summed E-state index contributed by atoms with van der Waals surface area (Å²) in [6.07, 6.45) is 0. The van der Waals surface area contributed by atoms with Crippen LogP contribution in [0, 0.1) is 0 Å². The van der Waals surface area contributed by atoms with Crippen molar-refractivity contribution < 1.29 is 8.83 Å².